The van der Waals surface area contributed by atoms with Crippen molar-refractivity contribution in [3.05, 3.63) is 35.9 Å². The number of halogens is 1. The summed E-state index contributed by atoms with van der Waals surface area (Å²) >= 11 is 3.85. The van der Waals surface area contributed by atoms with E-state index in [0.717, 1.165) is 4.83 Å². The molecule has 1 aromatic carbocycles. The summed E-state index contributed by atoms with van der Waals surface area (Å²) < 4.78 is 0. The molecule has 0 aliphatic rings. The molecule has 0 aliphatic heterocycles. The summed E-state index contributed by atoms with van der Waals surface area (Å²) in [6.07, 6.45) is 16.6. The van der Waals surface area contributed by atoms with Crippen LogP contribution in [0.1, 0.15) is 83.1 Å². The summed E-state index contributed by atoms with van der Waals surface area (Å²) in [5, 5.41) is 0. The van der Waals surface area contributed by atoms with E-state index in [1.54, 1.807) is 0 Å². The minimum atomic E-state index is 0.723. The minimum absolute atomic E-state index is 0.723. The molecule has 0 saturated heterocycles. The van der Waals surface area contributed by atoms with Crippen LogP contribution in [0.25, 0.3) is 0 Å². The smallest absolute Gasteiger partial charge is 0.0145 e. The summed E-state index contributed by atoms with van der Waals surface area (Å²) in [6, 6.07) is 10.9. The van der Waals surface area contributed by atoms with Gasteiger partial charge in [-0.1, -0.05) is 105 Å². The number of alkyl halides is 1. The van der Waals surface area contributed by atoms with Crippen LogP contribution in [-0.2, 0) is 6.42 Å². The summed E-state index contributed by atoms with van der Waals surface area (Å²) in [5.41, 5.74) is 1.48. The van der Waals surface area contributed by atoms with Crippen LogP contribution in [0, 0.1) is 0 Å². The lowest BCUT2D eigenvalue weighted by molar-refractivity contribution is 0.552. The second-order valence-electron chi connectivity index (χ2n) is 6.24. The van der Waals surface area contributed by atoms with Gasteiger partial charge in [0.25, 0.3) is 0 Å². The van der Waals surface area contributed by atoms with Gasteiger partial charge in [0.2, 0.25) is 0 Å². The third-order valence-electron chi connectivity index (χ3n) is 4.20. The lowest BCUT2D eigenvalue weighted by Gasteiger charge is -2.09. The molecular weight excluding hydrogens is 320 g/mol. The van der Waals surface area contributed by atoms with Crippen LogP contribution in [0.3, 0.4) is 0 Å². The van der Waals surface area contributed by atoms with Gasteiger partial charge in [0, 0.05) is 4.83 Å². The third-order valence-corrected chi connectivity index (χ3v) is 5.11. The van der Waals surface area contributed by atoms with Gasteiger partial charge in [0.15, 0.2) is 0 Å². The van der Waals surface area contributed by atoms with E-state index in [1.165, 1.54) is 82.6 Å². The van der Waals surface area contributed by atoms with E-state index in [4.69, 9.17) is 0 Å². The molecule has 0 aromatic heterocycles. The topological polar surface area (TPSA) is 0 Å². The average molecular weight is 353 g/mol. The van der Waals surface area contributed by atoms with E-state index in [-0.39, 0.29) is 0 Å². The lowest BCUT2D eigenvalue weighted by atomic mass is 10.0. The maximum Gasteiger partial charge on any atom is 0.0145 e. The first kappa shape index (κ1) is 18.7. The average Bonchev–Trinajstić information content (AvgIpc) is 2.51. The molecule has 0 spiro atoms. The highest BCUT2D eigenvalue weighted by Crippen LogP contribution is 2.19. The number of benzene rings is 1. The Kier molecular flexibility index (Phi) is 11.9. The zero-order valence-electron chi connectivity index (χ0n) is 13.8. The van der Waals surface area contributed by atoms with Crippen molar-refractivity contribution in [3.63, 3.8) is 0 Å². The van der Waals surface area contributed by atoms with Gasteiger partial charge in [-0.3, -0.25) is 0 Å². The Morgan fingerprint density at radius 2 is 1.33 bits per heavy atom. The molecule has 0 aliphatic carbocycles. The molecule has 1 aromatic rings. The van der Waals surface area contributed by atoms with Gasteiger partial charge in [0.1, 0.15) is 0 Å². The Labute approximate surface area is 140 Å². The highest BCUT2D eigenvalue weighted by Gasteiger charge is 2.04. The van der Waals surface area contributed by atoms with Gasteiger partial charge in [-0.15, -0.1) is 0 Å². The zero-order chi connectivity index (χ0) is 15.2. The summed E-state index contributed by atoms with van der Waals surface area (Å²) in [5.74, 6) is 0. The molecule has 21 heavy (non-hydrogen) atoms. The van der Waals surface area contributed by atoms with Crippen LogP contribution in [0.4, 0.5) is 0 Å². The van der Waals surface area contributed by atoms with Crippen molar-refractivity contribution in [2.75, 3.05) is 0 Å². The first-order chi connectivity index (χ1) is 10.3. The SMILES string of the molecule is CCCCCCCCCCC(Br)CCCc1ccccc1. The molecule has 1 unspecified atom stereocenters. The Balaban J connectivity index is 1.88. The van der Waals surface area contributed by atoms with E-state index in [0.29, 0.717) is 0 Å². The molecule has 0 saturated carbocycles. The molecule has 0 fully saturated rings. The van der Waals surface area contributed by atoms with Crippen molar-refractivity contribution < 1.29 is 0 Å². The van der Waals surface area contributed by atoms with Crippen molar-refractivity contribution in [3.8, 4) is 0 Å². The highest BCUT2D eigenvalue weighted by atomic mass is 79.9. The van der Waals surface area contributed by atoms with Gasteiger partial charge >= 0.3 is 0 Å². The van der Waals surface area contributed by atoms with Gasteiger partial charge < -0.3 is 0 Å². The number of aryl methyl sites for hydroxylation is 1. The number of hydrogen-bond donors (Lipinski definition) is 0. The second-order valence-corrected chi connectivity index (χ2v) is 7.53. The van der Waals surface area contributed by atoms with Crippen LogP contribution >= 0.6 is 15.9 Å². The molecule has 0 heterocycles. The lowest BCUT2D eigenvalue weighted by Crippen LogP contribution is -1.99. The van der Waals surface area contributed by atoms with E-state index >= 15 is 0 Å². The third kappa shape index (κ3) is 11.0. The molecule has 0 amide bonds. The molecular formula is C20H33Br. The van der Waals surface area contributed by atoms with Crippen molar-refractivity contribution in [2.24, 2.45) is 0 Å². The fourth-order valence-electron chi connectivity index (χ4n) is 2.82. The molecule has 1 atom stereocenters. The fourth-order valence-corrected chi connectivity index (χ4v) is 3.46. The number of unbranched alkanes of at least 4 members (excludes halogenated alkanes) is 7. The van der Waals surface area contributed by atoms with E-state index in [9.17, 15) is 0 Å². The minimum Gasteiger partial charge on any atom is -0.0891 e. The molecule has 0 nitrogen and oxygen atoms in total. The number of hydrogen-bond acceptors (Lipinski definition) is 0. The molecule has 1 heteroatoms. The summed E-state index contributed by atoms with van der Waals surface area (Å²) in [4.78, 5) is 0.723. The normalized spacial score (nSPS) is 12.5. The zero-order valence-corrected chi connectivity index (χ0v) is 15.4. The second kappa shape index (κ2) is 13.4. The van der Waals surface area contributed by atoms with E-state index < -0.39 is 0 Å². The van der Waals surface area contributed by atoms with Gasteiger partial charge in [0.05, 0.1) is 0 Å². The largest absolute Gasteiger partial charge is 0.0891 e. The van der Waals surface area contributed by atoms with Crippen LogP contribution in [0.15, 0.2) is 30.3 Å². The van der Waals surface area contributed by atoms with E-state index in [1.807, 2.05) is 0 Å². The fraction of sp³-hybridized carbons (Fsp3) is 0.700. The molecule has 0 bridgehead atoms. The van der Waals surface area contributed by atoms with Crippen LogP contribution in [0.2, 0.25) is 0 Å². The predicted octanol–water partition coefficient (Wildman–Crippen LogP) is 7.30. The van der Waals surface area contributed by atoms with Crippen molar-refractivity contribution in [1.82, 2.24) is 0 Å². The Morgan fingerprint density at radius 3 is 2.00 bits per heavy atom. The molecule has 120 valence electrons. The van der Waals surface area contributed by atoms with Gasteiger partial charge in [-0.25, -0.2) is 0 Å². The Morgan fingerprint density at radius 1 is 0.762 bits per heavy atom. The van der Waals surface area contributed by atoms with Gasteiger partial charge in [-0.2, -0.15) is 0 Å². The highest BCUT2D eigenvalue weighted by molar-refractivity contribution is 9.09. The van der Waals surface area contributed by atoms with Crippen molar-refractivity contribution in [2.45, 2.75) is 88.8 Å². The maximum atomic E-state index is 3.85. The first-order valence-corrected chi connectivity index (χ1v) is 9.92. The first-order valence-electron chi connectivity index (χ1n) is 9.01. The van der Waals surface area contributed by atoms with Crippen molar-refractivity contribution >= 4 is 15.9 Å². The Bertz CT molecular complexity index is 320. The quantitative estimate of drug-likeness (QED) is 0.258. The summed E-state index contributed by atoms with van der Waals surface area (Å²) in [6.45, 7) is 2.29. The molecule has 1 rings (SSSR count). The summed E-state index contributed by atoms with van der Waals surface area (Å²) in [7, 11) is 0. The van der Waals surface area contributed by atoms with Crippen LogP contribution in [0.5, 0.6) is 0 Å². The standard InChI is InChI=1S/C20H33Br/c1-2-3-4-5-6-7-8-12-17-20(21)18-13-16-19-14-10-9-11-15-19/h9-11,14-15,20H,2-8,12-13,16-18H2,1H3. The maximum absolute atomic E-state index is 3.85. The van der Waals surface area contributed by atoms with Crippen LogP contribution in [-0.4, -0.2) is 4.83 Å². The van der Waals surface area contributed by atoms with E-state index in [2.05, 4.69) is 53.2 Å². The Hall–Kier alpha value is -0.300. The van der Waals surface area contributed by atoms with Crippen molar-refractivity contribution in [1.29, 1.82) is 0 Å². The molecule has 0 N–H and O–H groups in total. The monoisotopic (exact) mass is 352 g/mol. The van der Waals surface area contributed by atoms with Crippen LogP contribution < -0.4 is 0 Å². The number of rotatable bonds is 13. The molecule has 0 radical (unpaired) electrons. The van der Waals surface area contributed by atoms with Gasteiger partial charge in [-0.05, 0) is 31.2 Å². The predicted molar refractivity (Wildman–Crippen MR) is 99.3 cm³/mol.